The Kier molecular flexibility index (Phi) is 8.71. The third-order valence-corrected chi connectivity index (χ3v) is 2.95. The fourth-order valence-corrected chi connectivity index (χ4v) is 2.12. The van der Waals surface area contributed by atoms with Crippen molar-refractivity contribution in [3.63, 3.8) is 0 Å². The van der Waals surface area contributed by atoms with Crippen LogP contribution in [0.4, 0.5) is 0 Å². The molecular weight excluding hydrogens is 250 g/mol. The Morgan fingerprint density at radius 3 is 2.50 bits per heavy atom. The summed E-state index contributed by atoms with van der Waals surface area (Å²) in [4.78, 5) is 15.9. The van der Waals surface area contributed by atoms with Crippen LogP contribution in [0.25, 0.3) is 0 Å². The summed E-state index contributed by atoms with van der Waals surface area (Å²) < 4.78 is 0. The first-order valence-electron chi connectivity index (χ1n) is 6.15. The second-order valence-corrected chi connectivity index (χ2v) is 4.51. The quantitative estimate of drug-likeness (QED) is 0.736. The molecule has 4 nitrogen and oxygen atoms in total. The molecule has 0 saturated carbocycles. The van der Waals surface area contributed by atoms with E-state index >= 15 is 0 Å². The summed E-state index contributed by atoms with van der Waals surface area (Å²) in [7, 11) is 0. The minimum absolute atomic E-state index is 0. The lowest BCUT2D eigenvalue weighted by molar-refractivity contribution is -0.131. The van der Waals surface area contributed by atoms with Gasteiger partial charge < -0.3 is 10.6 Å². The molecule has 0 radical (unpaired) electrons. The molecule has 1 heterocycles. The average Bonchev–Trinajstić information content (AvgIpc) is 2.28. The summed E-state index contributed by atoms with van der Waals surface area (Å²) in [5.41, 5.74) is 5.90. The van der Waals surface area contributed by atoms with Gasteiger partial charge in [0, 0.05) is 25.7 Å². The molecule has 0 spiro atoms. The van der Waals surface area contributed by atoms with Gasteiger partial charge in [0.05, 0.1) is 6.54 Å². The molecule has 0 aliphatic carbocycles. The van der Waals surface area contributed by atoms with Crippen molar-refractivity contribution in [3.8, 4) is 0 Å². The summed E-state index contributed by atoms with van der Waals surface area (Å²) >= 11 is 0. The van der Waals surface area contributed by atoms with Crippen molar-refractivity contribution in [2.75, 3.05) is 32.7 Å². The number of nitrogens with zero attached hydrogens (tertiary/aromatic N) is 2. The van der Waals surface area contributed by atoms with E-state index < -0.39 is 0 Å². The first kappa shape index (κ1) is 17.2. The van der Waals surface area contributed by atoms with Crippen LogP contribution in [0.15, 0.2) is 25.3 Å². The van der Waals surface area contributed by atoms with E-state index in [0.29, 0.717) is 19.6 Å². The molecule has 104 valence electrons. The number of carbonyl (C=O) groups is 1. The summed E-state index contributed by atoms with van der Waals surface area (Å²) in [5.74, 6) is 0.124. The van der Waals surface area contributed by atoms with Crippen molar-refractivity contribution >= 4 is 18.3 Å². The zero-order valence-corrected chi connectivity index (χ0v) is 11.7. The average molecular weight is 274 g/mol. The zero-order valence-electron chi connectivity index (χ0n) is 10.9. The van der Waals surface area contributed by atoms with E-state index in [0.717, 1.165) is 25.9 Å². The van der Waals surface area contributed by atoms with Gasteiger partial charge in [0.25, 0.3) is 0 Å². The highest BCUT2D eigenvalue weighted by molar-refractivity contribution is 5.85. The molecule has 1 unspecified atom stereocenters. The van der Waals surface area contributed by atoms with Gasteiger partial charge in [-0.3, -0.25) is 9.69 Å². The maximum Gasteiger partial charge on any atom is 0.237 e. The third kappa shape index (κ3) is 5.67. The van der Waals surface area contributed by atoms with Crippen molar-refractivity contribution in [2.24, 2.45) is 5.73 Å². The molecule has 2 N–H and O–H groups in total. The Balaban J connectivity index is 0.00000289. The minimum atomic E-state index is 0. The smallest absolute Gasteiger partial charge is 0.237 e. The van der Waals surface area contributed by atoms with Crippen molar-refractivity contribution in [2.45, 2.75) is 18.9 Å². The standard InChI is InChI=1S/C13H23N3O.ClH/c1-3-7-16(8-4-2)13(17)11-15-9-5-6-12(14)10-15;/h3-4,12H,1-2,5-11,14H2;1H. The summed E-state index contributed by atoms with van der Waals surface area (Å²) in [6, 6.07) is 0.212. The number of nitrogens with two attached hydrogens (primary N) is 1. The molecule has 0 aromatic heterocycles. The van der Waals surface area contributed by atoms with Crippen LogP contribution in [-0.2, 0) is 4.79 Å². The Morgan fingerprint density at radius 2 is 2.00 bits per heavy atom. The number of piperidine rings is 1. The molecule has 0 bridgehead atoms. The lowest BCUT2D eigenvalue weighted by Crippen LogP contribution is -2.47. The number of hydrogen-bond donors (Lipinski definition) is 1. The highest BCUT2D eigenvalue weighted by atomic mass is 35.5. The molecule has 1 atom stereocenters. The van der Waals surface area contributed by atoms with Gasteiger partial charge in [-0.1, -0.05) is 12.2 Å². The molecule has 1 fully saturated rings. The monoisotopic (exact) mass is 273 g/mol. The molecule has 18 heavy (non-hydrogen) atoms. The summed E-state index contributed by atoms with van der Waals surface area (Å²) in [6.45, 7) is 10.7. The van der Waals surface area contributed by atoms with Crippen LogP contribution in [0.2, 0.25) is 0 Å². The lowest BCUT2D eigenvalue weighted by atomic mass is 10.1. The van der Waals surface area contributed by atoms with Gasteiger partial charge in [0.2, 0.25) is 5.91 Å². The van der Waals surface area contributed by atoms with E-state index in [4.69, 9.17) is 5.73 Å². The van der Waals surface area contributed by atoms with E-state index in [1.54, 1.807) is 17.1 Å². The largest absolute Gasteiger partial charge is 0.334 e. The minimum Gasteiger partial charge on any atom is -0.334 e. The van der Waals surface area contributed by atoms with Gasteiger partial charge in [0.1, 0.15) is 0 Å². The predicted octanol–water partition coefficient (Wildman–Crippen LogP) is 1.03. The summed E-state index contributed by atoms with van der Waals surface area (Å²) in [6.07, 6.45) is 5.62. The molecule has 0 aromatic carbocycles. The number of likely N-dealkylation sites (tertiary alicyclic amines) is 1. The topological polar surface area (TPSA) is 49.6 Å². The van der Waals surface area contributed by atoms with Crippen molar-refractivity contribution in [1.29, 1.82) is 0 Å². The Labute approximate surface area is 116 Å². The Hall–Kier alpha value is -0.840. The molecular formula is C13H24ClN3O. The number of hydrogen-bond acceptors (Lipinski definition) is 3. The molecule has 5 heteroatoms. The van der Waals surface area contributed by atoms with Gasteiger partial charge in [-0.15, -0.1) is 25.6 Å². The number of rotatable bonds is 6. The Morgan fingerprint density at radius 1 is 1.39 bits per heavy atom. The fourth-order valence-electron chi connectivity index (χ4n) is 2.12. The van der Waals surface area contributed by atoms with Gasteiger partial charge >= 0.3 is 0 Å². The second-order valence-electron chi connectivity index (χ2n) is 4.51. The molecule has 1 rings (SSSR count). The van der Waals surface area contributed by atoms with E-state index in [1.807, 2.05) is 0 Å². The van der Waals surface area contributed by atoms with Crippen molar-refractivity contribution in [1.82, 2.24) is 9.80 Å². The van der Waals surface area contributed by atoms with Gasteiger partial charge in [-0.2, -0.15) is 0 Å². The first-order chi connectivity index (χ1) is 8.17. The van der Waals surface area contributed by atoms with Crippen LogP contribution in [0, 0.1) is 0 Å². The van der Waals surface area contributed by atoms with E-state index in [2.05, 4.69) is 18.1 Å². The van der Waals surface area contributed by atoms with Crippen LogP contribution in [0.1, 0.15) is 12.8 Å². The van der Waals surface area contributed by atoms with Crippen LogP contribution in [-0.4, -0.2) is 54.5 Å². The van der Waals surface area contributed by atoms with E-state index in [1.165, 1.54) is 0 Å². The molecule has 1 aliphatic rings. The van der Waals surface area contributed by atoms with E-state index in [9.17, 15) is 4.79 Å². The van der Waals surface area contributed by atoms with Gasteiger partial charge in [-0.05, 0) is 19.4 Å². The summed E-state index contributed by atoms with van der Waals surface area (Å²) in [5, 5.41) is 0. The van der Waals surface area contributed by atoms with Crippen molar-refractivity contribution in [3.05, 3.63) is 25.3 Å². The SMILES string of the molecule is C=CCN(CC=C)C(=O)CN1CCCC(N)C1.Cl. The highest BCUT2D eigenvalue weighted by Crippen LogP contribution is 2.08. The third-order valence-electron chi connectivity index (χ3n) is 2.95. The number of halogens is 1. The fraction of sp³-hybridized carbons (Fsp3) is 0.615. The zero-order chi connectivity index (χ0) is 12.7. The normalized spacial score (nSPS) is 19.7. The molecule has 1 amide bonds. The van der Waals surface area contributed by atoms with Crippen LogP contribution >= 0.6 is 12.4 Å². The van der Waals surface area contributed by atoms with Crippen LogP contribution in [0.3, 0.4) is 0 Å². The van der Waals surface area contributed by atoms with E-state index in [-0.39, 0.29) is 24.4 Å². The maximum absolute atomic E-state index is 12.0. The van der Waals surface area contributed by atoms with Gasteiger partial charge in [0.15, 0.2) is 0 Å². The number of carbonyl (C=O) groups excluding carboxylic acids is 1. The first-order valence-corrected chi connectivity index (χ1v) is 6.15. The van der Waals surface area contributed by atoms with Gasteiger partial charge in [-0.25, -0.2) is 0 Å². The Bertz CT molecular complexity index is 273. The van der Waals surface area contributed by atoms with Crippen LogP contribution < -0.4 is 5.73 Å². The molecule has 0 aromatic rings. The molecule has 1 aliphatic heterocycles. The second kappa shape index (κ2) is 9.14. The highest BCUT2D eigenvalue weighted by Gasteiger charge is 2.20. The van der Waals surface area contributed by atoms with Crippen LogP contribution in [0.5, 0.6) is 0 Å². The number of amides is 1. The maximum atomic E-state index is 12.0. The lowest BCUT2D eigenvalue weighted by Gasteiger charge is -2.31. The predicted molar refractivity (Wildman–Crippen MR) is 77.9 cm³/mol. The van der Waals surface area contributed by atoms with Crippen molar-refractivity contribution < 1.29 is 4.79 Å². The molecule has 1 saturated heterocycles.